The predicted octanol–water partition coefficient (Wildman–Crippen LogP) is 2.73. The standard InChI is InChI=1S/C22H20ClN3O6S/c23-16-5-9-19(10-6-16)33(30,31)26-20(14-32-18-2-1-11-24-13-18)22(29)25-17-7-3-15(4-8-17)12-21(27)28/h1-11,13,20,26H,12,14H2,(H,25,29)(H,27,28)/t20-/m0/s1. The molecule has 0 saturated carbocycles. The van der Waals surface area contributed by atoms with E-state index in [9.17, 15) is 18.0 Å². The maximum Gasteiger partial charge on any atom is 0.307 e. The summed E-state index contributed by atoms with van der Waals surface area (Å²) in [7, 11) is -4.07. The van der Waals surface area contributed by atoms with Gasteiger partial charge in [-0.3, -0.25) is 14.6 Å². The van der Waals surface area contributed by atoms with Crippen molar-refractivity contribution in [1.82, 2.24) is 9.71 Å². The highest BCUT2D eigenvalue weighted by atomic mass is 35.5. The number of pyridine rings is 1. The maximum atomic E-state index is 12.9. The number of carbonyl (C=O) groups is 2. The molecular formula is C22H20ClN3O6S. The molecule has 9 nitrogen and oxygen atoms in total. The van der Waals surface area contributed by atoms with Gasteiger partial charge in [-0.15, -0.1) is 0 Å². The highest BCUT2D eigenvalue weighted by molar-refractivity contribution is 7.89. The number of aromatic nitrogens is 1. The van der Waals surface area contributed by atoms with Crippen LogP contribution in [0.1, 0.15) is 5.56 Å². The van der Waals surface area contributed by atoms with Crippen LogP contribution < -0.4 is 14.8 Å². The summed E-state index contributed by atoms with van der Waals surface area (Å²) in [6, 6.07) is 13.6. The third-order valence-corrected chi connectivity index (χ3v) is 6.11. The number of halogens is 1. The van der Waals surface area contributed by atoms with Gasteiger partial charge in [0.2, 0.25) is 15.9 Å². The van der Waals surface area contributed by atoms with E-state index in [4.69, 9.17) is 21.4 Å². The Morgan fingerprint density at radius 2 is 1.76 bits per heavy atom. The number of carboxylic acids is 1. The number of aliphatic carboxylic acids is 1. The van der Waals surface area contributed by atoms with E-state index < -0.39 is 27.9 Å². The van der Waals surface area contributed by atoms with Gasteiger partial charge in [-0.1, -0.05) is 23.7 Å². The molecule has 0 aliphatic carbocycles. The minimum atomic E-state index is -4.07. The van der Waals surface area contributed by atoms with Crippen molar-refractivity contribution in [2.75, 3.05) is 11.9 Å². The molecule has 0 aliphatic rings. The van der Waals surface area contributed by atoms with Gasteiger partial charge < -0.3 is 15.2 Å². The summed E-state index contributed by atoms with van der Waals surface area (Å²) in [5, 5.41) is 11.8. The lowest BCUT2D eigenvalue weighted by Crippen LogP contribution is -2.47. The van der Waals surface area contributed by atoms with Crippen LogP contribution in [0.3, 0.4) is 0 Å². The molecule has 1 atom stereocenters. The lowest BCUT2D eigenvalue weighted by molar-refractivity contribution is -0.136. The van der Waals surface area contributed by atoms with Gasteiger partial charge in [0, 0.05) is 16.9 Å². The van der Waals surface area contributed by atoms with Gasteiger partial charge in [-0.25, -0.2) is 8.42 Å². The Hall–Kier alpha value is -3.47. The first-order chi connectivity index (χ1) is 15.7. The fourth-order valence-electron chi connectivity index (χ4n) is 2.75. The first-order valence-corrected chi connectivity index (χ1v) is 11.5. The zero-order valence-electron chi connectivity index (χ0n) is 17.1. The normalized spacial score (nSPS) is 12.0. The molecule has 0 bridgehead atoms. The molecule has 0 fully saturated rings. The molecule has 172 valence electrons. The Kier molecular flexibility index (Phi) is 7.99. The molecule has 33 heavy (non-hydrogen) atoms. The van der Waals surface area contributed by atoms with Crippen LogP contribution in [0.5, 0.6) is 5.75 Å². The van der Waals surface area contributed by atoms with Crippen molar-refractivity contribution in [3.05, 3.63) is 83.6 Å². The van der Waals surface area contributed by atoms with E-state index in [-0.39, 0.29) is 17.9 Å². The van der Waals surface area contributed by atoms with E-state index in [0.717, 1.165) is 0 Å². The fraction of sp³-hybridized carbons (Fsp3) is 0.136. The molecule has 3 aromatic rings. The molecule has 1 heterocycles. The van der Waals surface area contributed by atoms with Gasteiger partial charge in [0.25, 0.3) is 0 Å². The third kappa shape index (κ3) is 7.28. The molecule has 0 unspecified atom stereocenters. The van der Waals surface area contributed by atoms with Crippen molar-refractivity contribution < 1.29 is 27.9 Å². The van der Waals surface area contributed by atoms with Crippen LogP contribution in [0, 0.1) is 0 Å². The van der Waals surface area contributed by atoms with Crippen molar-refractivity contribution in [2.24, 2.45) is 0 Å². The number of nitrogens with one attached hydrogen (secondary N) is 2. The second-order valence-corrected chi connectivity index (χ2v) is 9.03. The second kappa shape index (κ2) is 10.9. The van der Waals surface area contributed by atoms with Crippen molar-refractivity contribution in [1.29, 1.82) is 0 Å². The quantitative estimate of drug-likeness (QED) is 0.398. The van der Waals surface area contributed by atoms with Crippen molar-refractivity contribution in [3.63, 3.8) is 0 Å². The molecular weight excluding hydrogens is 470 g/mol. The number of anilines is 1. The number of sulfonamides is 1. The lowest BCUT2D eigenvalue weighted by Gasteiger charge is -2.19. The first-order valence-electron chi connectivity index (χ1n) is 9.65. The van der Waals surface area contributed by atoms with E-state index in [0.29, 0.717) is 22.0 Å². The maximum absolute atomic E-state index is 12.9. The van der Waals surface area contributed by atoms with Crippen LogP contribution in [0.4, 0.5) is 5.69 Å². The van der Waals surface area contributed by atoms with Gasteiger partial charge >= 0.3 is 5.97 Å². The molecule has 3 rings (SSSR count). The first kappa shape index (κ1) is 24.2. The van der Waals surface area contributed by atoms with Crippen LogP contribution in [0.2, 0.25) is 5.02 Å². The van der Waals surface area contributed by atoms with Gasteiger partial charge in [-0.05, 0) is 54.1 Å². The molecule has 3 N–H and O–H groups in total. The topological polar surface area (TPSA) is 135 Å². The monoisotopic (exact) mass is 489 g/mol. The summed E-state index contributed by atoms with van der Waals surface area (Å²) < 4.78 is 33.5. The zero-order valence-corrected chi connectivity index (χ0v) is 18.7. The van der Waals surface area contributed by atoms with Crippen LogP contribution >= 0.6 is 11.6 Å². The molecule has 0 saturated heterocycles. The van der Waals surface area contributed by atoms with Crippen molar-refractivity contribution in [2.45, 2.75) is 17.4 Å². The van der Waals surface area contributed by atoms with E-state index in [1.807, 2.05) is 0 Å². The van der Waals surface area contributed by atoms with E-state index in [1.54, 1.807) is 30.5 Å². The molecule has 0 radical (unpaired) electrons. The number of rotatable bonds is 10. The minimum Gasteiger partial charge on any atom is -0.490 e. The summed E-state index contributed by atoms with van der Waals surface area (Å²) in [4.78, 5) is 27.6. The number of carbonyl (C=O) groups excluding carboxylic acids is 1. The largest absolute Gasteiger partial charge is 0.490 e. The Labute approximate surface area is 195 Å². The highest BCUT2D eigenvalue weighted by Crippen LogP contribution is 2.16. The fourth-order valence-corrected chi connectivity index (χ4v) is 4.06. The average Bonchev–Trinajstić information content (AvgIpc) is 2.78. The molecule has 0 spiro atoms. The lowest BCUT2D eigenvalue weighted by atomic mass is 10.1. The molecule has 11 heteroatoms. The van der Waals surface area contributed by atoms with Crippen LogP contribution in [0.25, 0.3) is 0 Å². The number of hydrogen-bond donors (Lipinski definition) is 3. The summed E-state index contributed by atoms with van der Waals surface area (Å²) in [5.74, 6) is -1.28. The van der Waals surface area contributed by atoms with Gasteiger partial charge in [-0.2, -0.15) is 4.72 Å². The van der Waals surface area contributed by atoms with Gasteiger partial charge in [0.15, 0.2) is 0 Å². The second-order valence-electron chi connectivity index (χ2n) is 6.88. The van der Waals surface area contributed by atoms with E-state index in [1.165, 1.54) is 42.6 Å². The number of nitrogens with zero attached hydrogens (tertiary/aromatic N) is 1. The van der Waals surface area contributed by atoms with Crippen molar-refractivity contribution in [3.8, 4) is 5.75 Å². The highest BCUT2D eigenvalue weighted by Gasteiger charge is 2.27. The Morgan fingerprint density at radius 3 is 2.36 bits per heavy atom. The van der Waals surface area contributed by atoms with E-state index in [2.05, 4.69) is 15.0 Å². The average molecular weight is 490 g/mol. The zero-order chi connectivity index (χ0) is 23.8. The van der Waals surface area contributed by atoms with Gasteiger partial charge in [0.05, 0.1) is 17.5 Å². The third-order valence-electron chi connectivity index (χ3n) is 4.37. The Balaban J connectivity index is 1.77. The van der Waals surface area contributed by atoms with Crippen LogP contribution in [-0.4, -0.2) is 43.0 Å². The molecule has 0 aliphatic heterocycles. The number of carboxylic acid groups (broad SMARTS) is 1. The minimum absolute atomic E-state index is 0.0656. The Bertz CT molecular complexity index is 1200. The smallest absolute Gasteiger partial charge is 0.307 e. The number of ether oxygens (including phenoxy) is 1. The predicted molar refractivity (Wildman–Crippen MR) is 122 cm³/mol. The van der Waals surface area contributed by atoms with E-state index >= 15 is 0 Å². The number of benzene rings is 2. The summed E-state index contributed by atoms with van der Waals surface area (Å²) in [6.07, 6.45) is 2.83. The van der Waals surface area contributed by atoms with Crippen molar-refractivity contribution >= 4 is 39.2 Å². The Morgan fingerprint density at radius 1 is 1.06 bits per heavy atom. The summed E-state index contributed by atoms with van der Waals surface area (Å²) in [6.45, 7) is -0.304. The number of hydrogen-bond acceptors (Lipinski definition) is 6. The van der Waals surface area contributed by atoms with Crippen LogP contribution in [0.15, 0.2) is 78.0 Å². The van der Waals surface area contributed by atoms with Crippen LogP contribution in [-0.2, 0) is 26.0 Å². The molecule has 2 aromatic carbocycles. The molecule has 1 amide bonds. The molecule has 1 aromatic heterocycles. The number of amides is 1. The van der Waals surface area contributed by atoms with Gasteiger partial charge in [0.1, 0.15) is 18.4 Å². The summed E-state index contributed by atoms with van der Waals surface area (Å²) >= 11 is 5.83. The summed E-state index contributed by atoms with van der Waals surface area (Å²) in [5.41, 5.74) is 0.923. The SMILES string of the molecule is O=C(O)Cc1ccc(NC(=O)[C@H](COc2cccnc2)NS(=O)(=O)c2ccc(Cl)cc2)cc1.